The molecule has 3 aromatic rings. The van der Waals surface area contributed by atoms with Crippen LogP contribution in [0.5, 0.6) is 0 Å². The largest absolute Gasteiger partial charge is 2.00 e. The summed E-state index contributed by atoms with van der Waals surface area (Å²) in [6, 6.07) is 15.7. The predicted octanol–water partition coefficient (Wildman–Crippen LogP) is 3.46. The smallest absolute Gasteiger partial charge is 0.681 e. The molecule has 3 rings (SSSR count). The molecule has 0 aliphatic heterocycles. The standard InChI is InChI=1S/C14H10BrN3.2HNO3.Pd/c15-10-5-7-11(8-6-10)16-9-14-17-12-3-1-2-4-13(12)18-14;2*2-1(3)4;/h1-8H,9H2;2*(H,2,3,4);/q-2;;;+2. The minimum atomic E-state index is -1.50. The van der Waals surface area contributed by atoms with Crippen LogP contribution < -0.4 is 4.98 Å². The Bertz CT molecular complexity index is 808. The van der Waals surface area contributed by atoms with Crippen LogP contribution in [0.2, 0.25) is 0 Å². The van der Waals surface area contributed by atoms with Crippen LogP contribution in [0.25, 0.3) is 16.4 Å². The Labute approximate surface area is 174 Å². The van der Waals surface area contributed by atoms with Gasteiger partial charge in [-0.05, 0) is 23.2 Å². The summed E-state index contributed by atoms with van der Waals surface area (Å²) in [5, 5.41) is 31.7. The Morgan fingerprint density at radius 2 is 1.56 bits per heavy atom. The van der Waals surface area contributed by atoms with E-state index >= 15 is 0 Å². The predicted molar refractivity (Wildman–Crippen MR) is 93.5 cm³/mol. The zero-order valence-corrected chi connectivity index (χ0v) is 16.4. The van der Waals surface area contributed by atoms with Crippen molar-refractivity contribution in [1.29, 1.82) is 0 Å². The van der Waals surface area contributed by atoms with Crippen molar-refractivity contribution in [3.63, 3.8) is 0 Å². The number of fused-ring (bicyclic) bond motifs is 1. The van der Waals surface area contributed by atoms with Gasteiger partial charge in [0.1, 0.15) is 0 Å². The number of halogens is 1. The summed E-state index contributed by atoms with van der Waals surface area (Å²) in [6.07, 6.45) is 0. The topological polar surface area (TPSA) is 168 Å². The van der Waals surface area contributed by atoms with Crippen molar-refractivity contribution >= 4 is 32.7 Å². The van der Waals surface area contributed by atoms with E-state index in [1.807, 2.05) is 48.5 Å². The molecule has 11 nitrogen and oxygen atoms in total. The van der Waals surface area contributed by atoms with Crippen LogP contribution in [-0.2, 0) is 27.0 Å². The monoisotopic (exact) mass is 531 g/mol. The summed E-state index contributed by atoms with van der Waals surface area (Å²) in [5.41, 5.74) is 2.80. The molecule has 0 aliphatic carbocycles. The molecule has 1 aromatic heterocycles. The van der Waals surface area contributed by atoms with Crippen LogP contribution in [0.4, 0.5) is 5.69 Å². The molecule has 1 heterocycles. The molecule has 0 radical (unpaired) electrons. The maximum absolute atomic E-state index is 8.36. The van der Waals surface area contributed by atoms with Crippen LogP contribution >= 0.6 is 15.9 Å². The van der Waals surface area contributed by atoms with Crippen LogP contribution in [0.15, 0.2) is 53.0 Å². The summed E-state index contributed by atoms with van der Waals surface area (Å²) in [4.78, 5) is 25.6. The number of hydrogen-bond acceptors (Lipinski definition) is 5. The van der Waals surface area contributed by atoms with E-state index in [1.165, 1.54) is 0 Å². The molecule has 0 spiro atoms. The van der Waals surface area contributed by atoms with Gasteiger partial charge >= 0.3 is 20.4 Å². The van der Waals surface area contributed by atoms with Crippen molar-refractivity contribution in [2.75, 3.05) is 0 Å². The molecule has 0 aliphatic rings. The number of rotatable bonds is 3. The Morgan fingerprint density at radius 3 is 2.07 bits per heavy atom. The summed E-state index contributed by atoms with van der Waals surface area (Å²) >= 11 is 3.40. The van der Waals surface area contributed by atoms with Crippen LogP contribution in [-0.4, -0.2) is 25.6 Å². The molecule has 27 heavy (non-hydrogen) atoms. The van der Waals surface area contributed by atoms with Gasteiger partial charge in [-0.1, -0.05) is 58.2 Å². The third-order valence-corrected chi connectivity index (χ3v) is 3.14. The van der Waals surface area contributed by atoms with E-state index < -0.39 is 10.2 Å². The van der Waals surface area contributed by atoms with Crippen LogP contribution in [0, 0.1) is 20.2 Å². The third kappa shape index (κ3) is 10.8. The number of hydrogen-bond donors (Lipinski definition) is 2. The maximum atomic E-state index is 8.36. The average molecular weight is 533 g/mol. The van der Waals surface area contributed by atoms with Gasteiger partial charge in [0.15, 0.2) is 0 Å². The zero-order chi connectivity index (χ0) is 19.5. The second-order valence-corrected chi connectivity index (χ2v) is 5.31. The SMILES string of the molecule is Brc1ccc([N-]Cc2nc3ccccc3[n-]2)cc1.O=[N+]([O-])O.O=[N+]([O-])O.[Pd+2]. The van der Waals surface area contributed by atoms with Crippen molar-refractivity contribution in [3.8, 4) is 0 Å². The van der Waals surface area contributed by atoms with Gasteiger partial charge in [0.25, 0.3) is 10.2 Å². The maximum Gasteiger partial charge on any atom is 2.00 e. The first-order valence-electron chi connectivity index (χ1n) is 6.76. The quantitative estimate of drug-likeness (QED) is 0.294. The molecule has 0 atom stereocenters. The fraction of sp³-hybridized carbons (Fsp3) is 0.0714. The van der Waals surface area contributed by atoms with Gasteiger partial charge in [-0.25, -0.2) is 0 Å². The number of nitrogens with zero attached hydrogens (tertiary/aromatic N) is 5. The summed E-state index contributed by atoms with van der Waals surface area (Å²) < 4.78 is 1.05. The van der Waals surface area contributed by atoms with Gasteiger partial charge in [-0.2, -0.15) is 0 Å². The van der Waals surface area contributed by atoms with E-state index in [4.69, 9.17) is 30.6 Å². The van der Waals surface area contributed by atoms with Crippen LogP contribution in [0.3, 0.4) is 0 Å². The molecular weight excluding hydrogens is 521 g/mol. The molecule has 0 saturated carbocycles. The number of benzene rings is 2. The minimum Gasteiger partial charge on any atom is -0.681 e. The van der Waals surface area contributed by atoms with Crippen LogP contribution in [0.1, 0.15) is 5.82 Å². The molecule has 0 amide bonds. The first-order valence-corrected chi connectivity index (χ1v) is 7.55. The second kappa shape index (κ2) is 12.6. The van der Waals surface area contributed by atoms with Gasteiger partial charge in [-0.3, -0.25) is 0 Å². The number of para-hydroxylation sites is 2. The summed E-state index contributed by atoms with van der Waals surface area (Å²) in [5.74, 6) is 0.763. The zero-order valence-electron chi connectivity index (χ0n) is 13.3. The molecular formula is C14H12BrN5O6Pd. The average Bonchev–Trinajstić information content (AvgIpc) is 2.96. The Kier molecular flexibility index (Phi) is 11.3. The van der Waals surface area contributed by atoms with Crippen molar-refractivity contribution in [2.45, 2.75) is 6.54 Å². The number of aromatic nitrogens is 2. The van der Waals surface area contributed by atoms with E-state index in [0.717, 1.165) is 27.0 Å². The first-order chi connectivity index (χ1) is 12.3. The molecule has 13 heteroatoms. The van der Waals surface area contributed by atoms with Gasteiger partial charge < -0.3 is 25.7 Å². The van der Waals surface area contributed by atoms with Gasteiger partial charge in [0, 0.05) is 4.47 Å². The van der Waals surface area contributed by atoms with Crippen molar-refractivity contribution in [3.05, 3.63) is 84.4 Å². The van der Waals surface area contributed by atoms with E-state index in [2.05, 4.69) is 31.2 Å². The minimum absolute atomic E-state index is 0. The van der Waals surface area contributed by atoms with E-state index in [0.29, 0.717) is 6.54 Å². The molecule has 0 saturated heterocycles. The van der Waals surface area contributed by atoms with E-state index in [9.17, 15) is 0 Å². The molecule has 2 N–H and O–H groups in total. The number of imidazole rings is 1. The van der Waals surface area contributed by atoms with Gasteiger partial charge in [-0.15, -0.1) is 32.5 Å². The summed E-state index contributed by atoms with van der Waals surface area (Å²) in [6.45, 7) is 0.510. The Morgan fingerprint density at radius 1 is 1.04 bits per heavy atom. The van der Waals surface area contributed by atoms with Crippen molar-refractivity contribution < 1.29 is 41.0 Å². The first kappa shape index (κ1) is 24.3. The van der Waals surface area contributed by atoms with Gasteiger partial charge in [0.05, 0.1) is 0 Å². The Hall–Kier alpha value is -2.75. The van der Waals surface area contributed by atoms with Crippen molar-refractivity contribution in [1.82, 2.24) is 9.97 Å². The Balaban J connectivity index is 0.000000646. The van der Waals surface area contributed by atoms with Gasteiger partial charge in [0.2, 0.25) is 0 Å². The van der Waals surface area contributed by atoms with E-state index in [-0.39, 0.29) is 20.4 Å². The molecule has 0 bridgehead atoms. The van der Waals surface area contributed by atoms with E-state index in [1.54, 1.807) is 0 Å². The van der Waals surface area contributed by atoms with Crippen molar-refractivity contribution in [2.24, 2.45) is 0 Å². The molecule has 0 unspecified atom stereocenters. The fourth-order valence-electron chi connectivity index (χ4n) is 1.74. The molecule has 0 fully saturated rings. The second-order valence-electron chi connectivity index (χ2n) is 4.40. The third-order valence-electron chi connectivity index (χ3n) is 2.61. The molecule has 2 aromatic carbocycles. The molecule has 146 valence electrons. The normalized spacial score (nSPS) is 8.93. The fourth-order valence-corrected chi connectivity index (χ4v) is 2.00. The summed E-state index contributed by atoms with van der Waals surface area (Å²) in [7, 11) is 0.